The van der Waals surface area contributed by atoms with Crippen molar-refractivity contribution in [3.63, 3.8) is 0 Å². The Labute approximate surface area is 126 Å². The van der Waals surface area contributed by atoms with Crippen molar-refractivity contribution in [3.8, 4) is 0 Å². The molecule has 2 rings (SSSR count). The van der Waals surface area contributed by atoms with Crippen LogP contribution in [-0.4, -0.2) is 37.4 Å². The number of hydrogen-bond donors (Lipinski definition) is 1. The Morgan fingerprint density at radius 2 is 1.81 bits per heavy atom. The molecule has 0 amide bonds. The molecule has 1 aliphatic rings. The average molecular weight is 292 g/mol. The van der Waals surface area contributed by atoms with Crippen molar-refractivity contribution in [1.82, 2.24) is 0 Å². The van der Waals surface area contributed by atoms with Gasteiger partial charge in [-0.3, -0.25) is 0 Å². The average Bonchev–Trinajstić information content (AvgIpc) is 2.34. The van der Waals surface area contributed by atoms with Crippen molar-refractivity contribution < 1.29 is 14.3 Å². The van der Waals surface area contributed by atoms with Crippen LogP contribution in [0.2, 0.25) is 0 Å². The second kappa shape index (κ2) is 5.22. The summed E-state index contributed by atoms with van der Waals surface area (Å²) in [6, 6.07) is 5.22. The zero-order valence-corrected chi connectivity index (χ0v) is 13.4. The van der Waals surface area contributed by atoms with Gasteiger partial charge in [-0.1, -0.05) is 0 Å². The number of methoxy groups -OCH3 is 1. The Bertz CT molecular complexity index is 536. The molecule has 5 heteroatoms. The van der Waals surface area contributed by atoms with E-state index in [1.54, 1.807) is 18.2 Å². The fourth-order valence-corrected chi connectivity index (χ4v) is 3.02. The van der Waals surface area contributed by atoms with E-state index in [2.05, 4.69) is 32.6 Å². The van der Waals surface area contributed by atoms with Crippen LogP contribution in [-0.2, 0) is 9.47 Å². The van der Waals surface area contributed by atoms with Gasteiger partial charge in [-0.25, -0.2) is 4.79 Å². The Morgan fingerprint density at radius 1 is 1.24 bits per heavy atom. The van der Waals surface area contributed by atoms with Crippen LogP contribution in [0.5, 0.6) is 0 Å². The van der Waals surface area contributed by atoms with Crippen molar-refractivity contribution in [2.24, 2.45) is 0 Å². The molecule has 0 saturated carbocycles. The van der Waals surface area contributed by atoms with Gasteiger partial charge in [0.2, 0.25) is 0 Å². The predicted octanol–water partition coefficient (Wildman–Crippen LogP) is 2.45. The fraction of sp³-hybridized carbons (Fsp3) is 0.562. The maximum absolute atomic E-state index is 11.7. The van der Waals surface area contributed by atoms with E-state index in [4.69, 9.17) is 15.2 Å². The number of carbonyl (C=O) groups is 1. The van der Waals surface area contributed by atoms with Gasteiger partial charge in [-0.05, 0) is 45.9 Å². The summed E-state index contributed by atoms with van der Waals surface area (Å²) in [5, 5.41) is 0. The smallest absolute Gasteiger partial charge is 0.337 e. The quantitative estimate of drug-likeness (QED) is 0.670. The number of anilines is 2. The van der Waals surface area contributed by atoms with Gasteiger partial charge in [0.1, 0.15) is 0 Å². The standard InChI is InChI=1S/C16H24N2O3/c1-15(2)9-18(10-16(3,4)21-15)13-8-11(14(19)20-5)6-7-12(13)17/h6-8H,9-10,17H2,1-5H3. The maximum Gasteiger partial charge on any atom is 0.337 e. The van der Waals surface area contributed by atoms with Crippen LogP contribution in [0.25, 0.3) is 0 Å². The molecule has 21 heavy (non-hydrogen) atoms. The first-order chi connectivity index (χ1) is 9.63. The number of morpholine rings is 1. The van der Waals surface area contributed by atoms with Gasteiger partial charge < -0.3 is 20.1 Å². The summed E-state index contributed by atoms with van der Waals surface area (Å²) in [6.07, 6.45) is 0. The van der Waals surface area contributed by atoms with Crippen LogP contribution in [0.4, 0.5) is 11.4 Å². The fourth-order valence-electron chi connectivity index (χ4n) is 3.02. The molecular formula is C16H24N2O3. The van der Waals surface area contributed by atoms with Gasteiger partial charge >= 0.3 is 5.97 Å². The molecule has 0 aromatic heterocycles. The summed E-state index contributed by atoms with van der Waals surface area (Å²) < 4.78 is 10.9. The molecule has 1 heterocycles. The highest BCUT2D eigenvalue weighted by Gasteiger charge is 2.38. The first-order valence-electron chi connectivity index (χ1n) is 7.06. The van der Waals surface area contributed by atoms with Crippen LogP contribution >= 0.6 is 0 Å². The molecule has 1 aromatic carbocycles. The molecule has 1 saturated heterocycles. The zero-order valence-electron chi connectivity index (χ0n) is 13.4. The minimum atomic E-state index is -0.358. The number of benzene rings is 1. The van der Waals surface area contributed by atoms with Gasteiger partial charge in [-0.15, -0.1) is 0 Å². The van der Waals surface area contributed by atoms with E-state index >= 15 is 0 Å². The van der Waals surface area contributed by atoms with Crippen LogP contribution in [0.3, 0.4) is 0 Å². The van der Waals surface area contributed by atoms with E-state index in [-0.39, 0.29) is 17.2 Å². The summed E-state index contributed by atoms with van der Waals surface area (Å²) in [5.41, 5.74) is 7.54. The highest BCUT2D eigenvalue weighted by atomic mass is 16.5. The molecule has 0 atom stereocenters. The van der Waals surface area contributed by atoms with Crippen molar-refractivity contribution in [3.05, 3.63) is 23.8 Å². The van der Waals surface area contributed by atoms with Crippen LogP contribution in [0, 0.1) is 0 Å². The number of nitrogens with zero attached hydrogens (tertiary/aromatic N) is 1. The lowest BCUT2D eigenvalue weighted by atomic mass is 9.97. The summed E-state index contributed by atoms with van der Waals surface area (Å²) >= 11 is 0. The summed E-state index contributed by atoms with van der Waals surface area (Å²) in [4.78, 5) is 13.9. The number of nitrogens with two attached hydrogens (primary N) is 1. The minimum Gasteiger partial charge on any atom is -0.465 e. The molecule has 0 radical (unpaired) electrons. The number of ether oxygens (including phenoxy) is 2. The number of nitrogen functional groups attached to an aromatic ring is 1. The van der Waals surface area contributed by atoms with Crippen molar-refractivity contribution >= 4 is 17.3 Å². The van der Waals surface area contributed by atoms with Gasteiger partial charge in [0.15, 0.2) is 0 Å². The predicted molar refractivity (Wildman–Crippen MR) is 83.6 cm³/mol. The minimum absolute atomic E-state index is 0.282. The molecule has 0 aliphatic carbocycles. The lowest BCUT2D eigenvalue weighted by molar-refractivity contribution is -0.133. The Kier molecular flexibility index (Phi) is 3.89. The summed E-state index contributed by atoms with van der Waals surface area (Å²) in [6.45, 7) is 9.65. The van der Waals surface area contributed by atoms with Gasteiger partial charge in [-0.2, -0.15) is 0 Å². The molecule has 5 nitrogen and oxygen atoms in total. The number of carbonyl (C=O) groups excluding carboxylic acids is 1. The molecule has 1 aromatic rings. The molecule has 0 bridgehead atoms. The third-order valence-corrected chi connectivity index (χ3v) is 3.49. The number of rotatable bonds is 2. The maximum atomic E-state index is 11.7. The first kappa shape index (κ1) is 15.6. The van der Waals surface area contributed by atoms with Crippen LogP contribution in [0.1, 0.15) is 38.1 Å². The van der Waals surface area contributed by atoms with E-state index in [1.165, 1.54) is 7.11 Å². The highest BCUT2D eigenvalue weighted by molar-refractivity contribution is 5.92. The van der Waals surface area contributed by atoms with Gasteiger partial charge in [0.25, 0.3) is 0 Å². The molecule has 1 aliphatic heterocycles. The van der Waals surface area contributed by atoms with Gasteiger partial charge in [0, 0.05) is 13.1 Å². The van der Waals surface area contributed by atoms with E-state index in [9.17, 15) is 4.79 Å². The largest absolute Gasteiger partial charge is 0.465 e. The SMILES string of the molecule is COC(=O)c1ccc(N)c(N2CC(C)(C)OC(C)(C)C2)c1. The van der Waals surface area contributed by atoms with E-state index in [0.29, 0.717) is 24.3 Å². The van der Waals surface area contributed by atoms with Crippen LogP contribution in [0.15, 0.2) is 18.2 Å². The Balaban J connectivity index is 2.38. The monoisotopic (exact) mass is 292 g/mol. The molecule has 0 spiro atoms. The number of esters is 1. The molecule has 1 fully saturated rings. The Morgan fingerprint density at radius 3 is 2.33 bits per heavy atom. The topological polar surface area (TPSA) is 64.8 Å². The molecular weight excluding hydrogens is 268 g/mol. The summed E-state index contributed by atoms with van der Waals surface area (Å²) in [5.74, 6) is -0.358. The Hall–Kier alpha value is -1.75. The van der Waals surface area contributed by atoms with Gasteiger partial charge in [0.05, 0.1) is 35.3 Å². The second-order valence-corrected chi connectivity index (χ2v) is 6.74. The second-order valence-electron chi connectivity index (χ2n) is 6.74. The zero-order chi connectivity index (χ0) is 15.8. The molecule has 0 unspecified atom stereocenters. The van der Waals surface area contributed by atoms with Crippen molar-refractivity contribution in [1.29, 1.82) is 0 Å². The normalized spacial score (nSPS) is 20.1. The van der Waals surface area contributed by atoms with Crippen molar-refractivity contribution in [2.45, 2.75) is 38.9 Å². The van der Waals surface area contributed by atoms with Crippen LogP contribution < -0.4 is 10.6 Å². The van der Waals surface area contributed by atoms with E-state index < -0.39 is 0 Å². The highest BCUT2D eigenvalue weighted by Crippen LogP contribution is 2.34. The lowest BCUT2D eigenvalue weighted by Gasteiger charge is -2.48. The summed E-state index contributed by atoms with van der Waals surface area (Å²) in [7, 11) is 1.37. The molecule has 116 valence electrons. The first-order valence-corrected chi connectivity index (χ1v) is 7.06. The third-order valence-electron chi connectivity index (χ3n) is 3.49. The van der Waals surface area contributed by atoms with E-state index in [0.717, 1.165) is 5.69 Å². The van der Waals surface area contributed by atoms with Crippen molar-refractivity contribution in [2.75, 3.05) is 30.8 Å². The lowest BCUT2D eigenvalue weighted by Crippen LogP contribution is -2.57. The molecule has 2 N–H and O–H groups in total. The number of hydrogen-bond acceptors (Lipinski definition) is 5. The third kappa shape index (κ3) is 3.47. The van der Waals surface area contributed by atoms with E-state index in [1.807, 2.05) is 0 Å².